The molecule has 1 N–H and O–H groups in total. The van der Waals surface area contributed by atoms with Gasteiger partial charge in [0, 0.05) is 34.6 Å². The molecule has 4 heteroatoms. The second kappa shape index (κ2) is 11.6. The van der Waals surface area contributed by atoms with E-state index in [2.05, 4.69) is 192 Å². The van der Waals surface area contributed by atoms with E-state index in [-0.39, 0.29) is 12.1 Å². The topological polar surface area (TPSA) is 29.4 Å². The third kappa shape index (κ3) is 4.62. The minimum atomic E-state index is 0.00609. The van der Waals surface area contributed by atoms with Gasteiger partial charge in [0.1, 0.15) is 11.5 Å². The summed E-state index contributed by atoms with van der Waals surface area (Å²) in [4.78, 5) is 2.41. The van der Waals surface area contributed by atoms with Crippen molar-refractivity contribution in [2.75, 3.05) is 17.3 Å². The number of anilines is 2. The van der Waals surface area contributed by atoms with Crippen LogP contribution in [0.3, 0.4) is 0 Å². The van der Waals surface area contributed by atoms with Gasteiger partial charge in [-0.1, -0.05) is 140 Å². The summed E-state index contributed by atoms with van der Waals surface area (Å²) >= 11 is 0. The molecule has 0 fully saturated rings. The number of nitrogens with one attached hydrogen (secondary N) is 1. The molecule has 53 heavy (non-hydrogen) atoms. The maximum absolute atomic E-state index is 6.73. The molecule has 0 spiro atoms. The summed E-state index contributed by atoms with van der Waals surface area (Å²) in [5.74, 6) is 1.75. The highest BCUT2D eigenvalue weighted by atomic mass is 16.5. The van der Waals surface area contributed by atoms with Gasteiger partial charge >= 0.3 is 0 Å². The predicted molar refractivity (Wildman–Crippen MR) is 220 cm³/mol. The largest absolute Gasteiger partial charge is 0.456 e. The van der Waals surface area contributed by atoms with Gasteiger partial charge in [-0.3, -0.25) is 0 Å². The predicted octanol–water partition coefficient (Wildman–Crippen LogP) is 12.6. The molecule has 7 aromatic carbocycles. The summed E-state index contributed by atoms with van der Waals surface area (Å²) in [6.07, 6.45) is 9.14. The lowest BCUT2D eigenvalue weighted by Crippen LogP contribution is -2.27. The van der Waals surface area contributed by atoms with Gasteiger partial charge in [-0.2, -0.15) is 0 Å². The number of aromatic nitrogens is 1. The van der Waals surface area contributed by atoms with E-state index in [0.717, 1.165) is 33.8 Å². The van der Waals surface area contributed by atoms with Crippen molar-refractivity contribution >= 4 is 45.3 Å². The molecule has 0 aliphatic carbocycles. The van der Waals surface area contributed by atoms with Crippen LogP contribution < -0.4 is 15.0 Å². The van der Waals surface area contributed by atoms with Crippen LogP contribution in [0.4, 0.5) is 11.4 Å². The van der Waals surface area contributed by atoms with Crippen LogP contribution in [0.15, 0.2) is 164 Å². The van der Waals surface area contributed by atoms with E-state index < -0.39 is 0 Å². The van der Waals surface area contributed by atoms with Gasteiger partial charge in [0.15, 0.2) is 0 Å². The molecule has 2 atom stereocenters. The summed E-state index contributed by atoms with van der Waals surface area (Å²) in [6, 6.07) is 54.7. The highest BCUT2D eigenvalue weighted by molar-refractivity contribution is 6.12. The summed E-state index contributed by atoms with van der Waals surface area (Å²) in [5.41, 5.74) is 15.3. The lowest BCUT2D eigenvalue weighted by Gasteiger charge is -2.37. The second-order valence-electron chi connectivity index (χ2n) is 14.2. The van der Waals surface area contributed by atoms with Gasteiger partial charge in [0.25, 0.3) is 0 Å². The van der Waals surface area contributed by atoms with E-state index in [9.17, 15) is 0 Å². The number of ether oxygens (including phenoxy) is 1. The summed E-state index contributed by atoms with van der Waals surface area (Å²) in [7, 11) is 2.21. The number of benzene rings is 7. The van der Waals surface area contributed by atoms with Crippen LogP contribution in [0.25, 0.3) is 61.9 Å². The summed E-state index contributed by atoms with van der Waals surface area (Å²) < 4.78 is 9.15. The molecule has 2 unspecified atom stereocenters. The molecule has 252 valence electrons. The van der Waals surface area contributed by atoms with Crippen LogP contribution >= 0.6 is 0 Å². The van der Waals surface area contributed by atoms with E-state index in [1.54, 1.807) is 0 Å². The minimum Gasteiger partial charge on any atom is -0.456 e. The maximum atomic E-state index is 6.73. The van der Waals surface area contributed by atoms with Crippen LogP contribution in [-0.4, -0.2) is 11.6 Å². The zero-order valence-corrected chi connectivity index (χ0v) is 29.2. The molecule has 0 saturated heterocycles. The van der Waals surface area contributed by atoms with Crippen molar-refractivity contribution in [2.24, 2.45) is 0 Å². The van der Waals surface area contributed by atoms with Crippen molar-refractivity contribution in [1.82, 2.24) is 4.57 Å². The van der Waals surface area contributed by atoms with Crippen LogP contribution in [0.5, 0.6) is 11.5 Å². The number of hydrogen-bond acceptors (Lipinski definition) is 3. The third-order valence-electron chi connectivity index (χ3n) is 11.3. The lowest BCUT2D eigenvalue weighted by molar-refractivity contribution is 0.488. The van der Waals surface area contributed by atoms with Crippen LogP contribution in [0, 0.1) is 0 Å². The van der Waals surface area contributed by atoms with E-state index in [0.29, 0.717) is 0 Å². The van der Waals surface area contributed by atoms with Crippen LogP contribution in [-0.2, 0) is 0 Å². The molecule has 4 nitrogen and oxygen atoms in total. The minimum absolute atomic E-state index is 0.00609. The molecular weight excluding hydrogens is 647 g/mol. The first-order chi connectivity index (χ1) is 26.2. The molecule has 4 heterocycles. The van der Waals surface area contributed by atoms with Crippen molar-refractivity contribution in [1.29, 1.82) is 0 Å². The Morgan fingerprint density at radius 1 is 0.528 bits per heavy atom. The molecule has 0 radical (unpaired) electrons. The summed E-state index contributed by atoms with van der Waals surface area (Å²) in [6.45, 7) is 0. The smallest absolute Gasteiger partial charge is 0.136 e. The van der Waals surface area contributed by atoms with Crippen molar-refractivity contribution in [3.05, 3.63) is 186 Å². The van der Waals surface area contributed by atoms with E-state index >= 15 is 0 Å². The molecule has 3 aliphatic rings. The fourth-order valence-corrected chi connectivity index (χ4v) is 8.75. The highest BCUT2D eigenvalue weighted by Crippen LogP contribution is 2.50. The first-order valence-electron chi connectivity index (χ1n) is 18.3. The Bertz CT molecular complexity index is 2830. The monoisotopic (exact) mass is 681 g/mol. The first kappa shape index (κ1) is 29.9. The standard InChI is InChI=1S/C49H35N3O/c1-51-43(31-12-3-2-4-13-31)27-25-33-23-22-32-24-26-42(50-48(32)49(33)51)34-14-11-15-35(28-34)52-44-20-9-7-18-38(44)40-30-47-41(29-45(40)52)37-17-6-5-16-36(37)39-19-8-10-21-46(39)53-47/h2-30,42-43,50H,1H3. The summed E-state index contributed by atoms with van der Waals surface area (Å²) in [5, 5.41) is 6.34. The Balaban J connectivity index is 1.03. The fourth-order valence-electron chi connectivity index (χ4n) is 8.75. The van der Waals surface area contributed by atoms with Gasteiger partial charge in [0.05, 0.1) is 34.5 Å². The van der Waals surface area contributed by atoms with E-state index in [1.165, 1.54) is 61.0 Å². The van der Waals surface area contributed by atoms with Crippen molar-refractivity contribution in [3.8, 4) is 39.4 Å². The van der Waals surface area contributed by atoms with Gasteiger partial charge < -0.3 is 19.5 Å². The van der Waals surface area contributed by atoms with Crippen LogP contribution in [0.2, 0.25) is 0 Å². The molecule has 0 amide bonds. The Hall–Kier alpha value is -6.78. The van der Waals surface area contributed by atoms with Gasteiger partial charge in [0.2, 0.25) is 0 Å². The van der Waals surface area contributed by atoms with Crippen molar-refractivity contribution in [3.63, 3.8) is 0 Å². The highest BCUT2D eigenvalue weighted by Gasteiger charge is 2.28. The van der Waals surface area contributed by atoms with E-state index in [4.69, 9.17) is 4.74 Å². The lowest BCUT2D eigenvalue weighted by atomic mass is 9.92. The van der Waals surface area contributed by atoms with E-state index in [1.807, 2.05) is 6.07 Å². The average Bonchev–Trinajstić information content (AvgIpc) is 3.46. The van der Waals surface area contributed by atoms with Crippen molar-refractivity contribution < 1.29 is 4.74 Å². The molecule has 8 aromatic rings. The first-order valence-corrected chi connectivity index (χ1v) is 18.3. The second-order valence-corrected chi connectivity index (χ2v) is 14.2. The number of para-hydroxylation sites is 2. The Labute approximate surface area is 308 Å². The SMILES string of the molecule is CN1c2c(ccc3c2NC(c2cccc(-n4c5ccccc5c5cc6c(cc54)-c4ccccc4-c4ccccc4O6)c2)C=C3)C=CC1c1ccccc1. The van der Waals surface area contributed by atoms with Crippen LogP contribution in [0.1, 0.15) is 34.3 Å². The molecule has 1 aromatic heterocycles. The number of rotatable bonds is 3. The van der Waals surface area contributed by atoms with Crippen molar-refractivity contribution in [2.45, 2.75) is 12.1 Å². The molecular formula is C49H35N3O. The molecule has 0 saturated carbocycles. The third-order valence-corrected chi connectivity index (χ3v) is 11.3. The Morgan fingerprint density at radius 3 is 2.13 bits per heavy atom. The normalized spacial score (nSPS) is 16.5. The molecule has 11 rings (SSSR count). The zero-order valence-electron chi connectivity index (χ0n) is 29.2. The maximum Gasteiger partial charge on any atom is 0.136 e. The van der Waals surface area contributed by atoms with Gasteiger partial charge in [-0.05, 0) is 69.8 Å². The van der Waals surface area contributed by atoms with Gasteiger partial charge in [-0.25, -0.2) is 0 Å². The number of likely N-dealkylation sites (N-methyl/N-ethyl adjacent to an activating group) is 1. The molecule has 3 aliphatic heterocycles. The fraction of sp³-hybridized carbons (Fsp3) is 0.0612. The Kier molecular flexibility index (Phi) is 6.56. The zero-order chi connectivity index (χ0) is 35.0. The molecule has 0 bridgehead atoms. The quantitative estimate of drug-likeness (QED) is 0.201. The Morgan fingerprint density at radius 2 is 1.25 bits per heavy atom. The number of fused-ring (bicyclic) bond motifs is 11. The number of nitrogens with zero attached hydrogens (tertiary/aromatic N) is 2. The number of hydrogen-bond donors (Lipinski definition) is 1. The van der Waals surface area contributed by atoms with Gasteiger partial charge in [-0.15, -0.1) is 0 Å². The average molecular weight is 682 g/mol.